The molecule has 6 heteroatoms. The first-order chi connectivity index (χ1) is 9.54. The van der Waals surface area contributed by atoms with Crippen molar-refractivity contribution in [2.75, 3.05) is 6.54 Å². The minimum Gasteiger partial charge on any atom is -0.343 e. The standard InChI is InChI=1S/C14H22N4O2/c1-4-5-12-14(20)18(10(2)13(19)16-12)9-7-11-6-8-15-17(11)3/h6,8,10,12H,4-5,7,9H2,1-3H3,(H,16,19). The minimum atomic E-state index is -0.399. The molecule has 2 heterocycles. The molecule has 0 aliphatic carbocycles. The maximum Gasteiger partial charge on any atom is 0.245 e. The van der Waals surface area contributed by atoms with Gasteiger partial charge in [-0.15, -0.1) is 0 Å². The van der Waals surface area contributed by atoms with E-state index in [9.17, 15) is 9.59 Å². The molecular formula is C14H22N4O2. The van der Waals surface area contributed by atoms with Crippen molar-refractivity contribution in [1.82, 2.24) is 20.0 Å². The molecule has 0 spiro atoms. The lowest BCUT2D eigenvalue weighted by molar-refractivity contribution is -0.148. The van der Waals surface area contributed by atoms with E-state index in [-0.39, 0.29) is 17.9 Å². The number of amides is 2. The van der Waals surface area contributed by atoms with Crippen LogP contribution in [-0.4, -0.2) is 45.1 Å². The van der Waals surface area contributed by atoms with Crippen molar-refractivity contribution in [2.45, 2.75) is 45.2 Å². The van der Waals surface area contributed by atoms with Crippen LogP contribution in [0.4, 0.5) is 0 Å². The van der Waals surface area contributed by atoms with Crippen LogP contribution < -0.4 is 5.32 Å². The summed E-state index contributed by atoms with van der Waals surface area (Å²) in [6.45, 7) is 4.34. The van der Waals surface area contributed by atoms with Crippen LogP contribution in [0.2, 0.25) is 0 Å². The third kappa shape index (κ3) is 2.84. The normalized spacial score (nSPS) is 23.1. The van der Waals surface area contributed by atoms with E-state index < -0.39 is 6.04 Å². The van der Waals surface area contributed by atoms with Gasteiger partial charge in [-0.25, -0.2) is 0 Å². The lowest BCUT2D eigenvalue weighted by Gasteiger charge is -2.37. The van der Waals surface area contributed by atoms with Gasteiger partial charge in [0, 0.05) is 31.9 Å². The summed E-state index contributed by atoms with van der Waals surface area (Å²) < 4.78 is 1.79. The molecule has 6 nitrogen and oxygen atoms in total. The average Bonchev–Trinajstić information content (AvgIpc) is 2.82. The molecule has 2 unspecified atom stereocenters. The Morgan fingerprint density at radius 1 is 1.40 bits per heavy atom. The maximum atomic E-state index is 12.4. The van der Waals surface area contributed by atoms with E-state index in [1.54, 1.807) is 22.7 Å². The smallest absolute Gasteiger partial charge is 0.245 e. The van der Waals surface area contributed by atoms with Crippen molar-refractivity contribution in [3.63, 3.8) is 0 Å². The molecule has 20 heavy (non-hydrogen) atoms. The molecule has 1 aromatic heterocycles. The van der Waals surface area contributed by atoms with Crippen LogP contribution in [0, 0.1) is 0 Å². The summed E-state index contributed by atoms with van der Waals surface area (Å²) in [7, 11) is 1.88. The fourth-order valence-electron chi connectivity index (χ4n) is 2.56. The Hall–Kier alpha value is -1.85. The number of piperazine rings is 1. The van der Waals surface area contributed by atoms with Gasteiger partial charge in [0.25, 0.3) is 0 Å². The van der Waals surface area contributed by atoms with Crippen LogP contribution in [0.5, 0.6) is 0 Å². The van der Waals surface area contributed by atoms with E-state index in [2.05, 4.69) is 10.4 Å². The fraction of sp³-hybridized carbons (Fsp3) is 0.643. The third-order valence-electron chi connectivity index (χ3n) is 3.85. The van der Waals surface area contributed by atoms with Gasteiger partial charge in [0.1, 0.15) is 12.1 Å². The zero-order valence-corrected chi connectivity index (χ0v) is 12.3. The molecule has 1 N–H and O–H groups in total. The molecule has 0 aromatic carbocycles. The predicted octanol–water partition coefficient (Wildman–Crippen LogP) is 0.478. The highest BCUT2D eigenvalue weighted by atomic mass is 16.2. The zero-order chi connectivity index (χ0) is 14.7. The van der Waals surface area contributed by atoms with E-state index in [1.165, 1.54) is 0 Å². The molecule has 1 aromatic rings. The summed E-state index contributed by atoms with van der Waals surface area (Å²) in [5.74, 6) is -0.0332. The van der Waals surface area contributed by atoms with Crippen LogP contribution in [0.1, 0.15) is 32.4 Å². The van der Waals surface area contributed by atoms with Gasteiger partial charge in [-0.05, 0) is 19.4 Å². The van der Waals surface area contributed by atoms with Crippen LogP contribution in [0.25, 0.3) is 0 Å². The van der Waals surface area contributed by atoms with Gasteiger partial charge in [0.15, 0.2) is 0 Å². The first kappa shape index (κ1) is 14.6. The number of aryl methyl sites for hydroxylation is 1. The number of hydrogen-bond acceptors (Lipinski definition) is 3. The van der Waals surface area contributed by atoms with Gasteiger partial charge >= 0.3 is 0 Å². The number of rotatable bonds is 5. The van der Waals surface area contributed by atoms with Gasteiger partial charge in [-0.3, -0.25) is 14.3 Å². The zero-order valence-electron chi connectivity index (χ0n) is 12.3. The summed E-state index contributed by atoms with van der Waals surface area (Å²) in [5, 5.41) is 6.92. The number of nitrogens with one attached hydrogen (secondary N) is 1. The van der Waals surface area contributed by atoms with Gasteiger partial charge in [-0.1, -0.05) is 13.3 Å². The molecule has 1 fully saturated rings. The monoisotopic (exact) mass is 278 g/mol. The Kier molecular flexibility index (Phi) is 4.42. The van der Waals surface area contributed by atoms with E-state index in [0.717, 1.165) is 12.1 Å². The summed E-state index contributed by atoms with van der Waals surface area (Å²) in [6, 6.07) is 1.17. The maximum absolute atomic E-state index is 12.4. The van der Waals surface area contributed by atoms with Crippen molar-refractivity contribution in [2.24, 2.45) is 7.05 Å². The summed E-state index contributed by atoms with van der Waals surface area (Å²) >= 11 is 0. The van der Waals surface area contributed by atoms with Crippen LogP contribution >= 0.6 is 0 Å². The van der Waals surface area contributed by atoms with E-state index >= 15 is 0 Å². The number of carbonyl (C=O) groups excluding carboxylic acids is 2. The Morgan fingerprint density at radius 3 is 2.75 bits per heavy atom. The molecular weight excluding hydrogens is 256 g/mol. The number of nitrogens with zero attached hydrogens (tertiary/aromatic N) is 3. The Morgan fingerprint density at radius 2 is 2.15 bits per heavy atom. The largest absolute Gasteiger partial charge is 0.343 e. The molecule has 2 rings (SSSR count). The van der Waals surface area contributed by atoms with E-state index in [1.807, 2.05) is 20.0 Å². The first-order valence-electron chi connectivity index (χ1n) is 7.12. The van der Waals surface area contributed by atoms with Gasteiger partial charge in [0.2, 0.25) is 11.8 Å². The highest BCUT2D eigenvalue weighted by Gasteiger charge is 2.37. The SMILES string of the molecule is CCCC1NC(=O)C(C)N(CCc2ccnn2C)C1=O. The first-order valence-corrected chi connectivity index (χ1v) is 7.12. The fourth-order valence-corrected chi connectivity index (χ4v) is 2.56. The highest BCUT2D eigenvalue weighted by Crippen LogP contribution is 2.14. The van der Waals surface area contributed by atoms with Crippen LogP contribution in [-0.2, 0) is 23.1 Å². The molecule has 2 amide bonds. The summed E-state index contributed by atoms with van der Waals surface area (Å²) in [6.07, 6.45) is 4.02. The summed E-state index contributed by atoms with van der Waals surface area (Å²) in [4.78, 5) is 26.0. The quantitative estimate of drug-likeness (QED) is 0.852. The summed E-state index contributed by atoms with van der Waals surface area (Å²) in [5.41, 5.74) is 1.06. The van der Waals surface area contributed by atoms with Gasteiger partial charge in [0.05, 0.1) is 0 Å². The molecule has 0 bridgehead atoms. The molecule has 110 valence electrons. The molecule has 0 saturated carbocycles. The van der Waals surface area contributed by atoms with Crippen molar-refractivity contribution >= 4 is 11.8 Å². The molecule has 1 aliphatic rings. The van der Waals surface area contributed by atoms with Crippen molar-refractivity contribution in [3.05, 3.63) is 18.0 Å². The van der Waals surface area contributed by atoms with Crippen molar-refractivity contribution in [1.29, 1.82) is 0 Å². The predicted molar refractivity (Wildman–Crippen MR) is 74.9 cm³/mol. The molecule has 2 atom stereocenters. The Balaban J connectivity index is 2.05. The van der Waals surface area contributed by atoms with Gasteiger partial charge < -0.3 is 10.2 Å². The van der Waals surface area contributed by atoms with Crippen LogP contribution in [0.15, 0.2) is 12.3 Å². The number of aromatic nitrogens is 2. The van der Waals surface area contributed by atoms with Gasteiger partial charge in [-0.2, -0.15) is 5.10 Å². The van der Waals surface area contributed by atoms with Crippen molar-refractivity contribution < 1.29 is 9.59 Å². The van der Waals surface area contributed by atoms with Crippen LogP contribution in [0.3, 0.4) is 0 Å². The van der Waals surface area contributed by atoms with E-state index in [0.29, 0.717) is 19.4 Å². The molecule has 1 aliphatic heterocycles. The second-order valence-electron chi connectivity index (χ2n) is 5.25. The minimum absolute atomic E-state index is 0.0288. The lowest BCUT2D eigenvalue weighted by Crippen LogP contribution is -2.62. The molecule has 1 saturated heterocycles. The number of carbonyl (C=O) groups is 2. The second kappa shape index (κ2) is 6.07. The average molecular weight is 278 g/mol. The van der Waals surface area contributed by atoms with E-state index in [4.69, 9.17) is 0 Å². The lowest BCUT2D eigenvalue weighted by atomic mass is 10.0. The Labute approximate surface area is 119 Å². The second-order valence-corrected chi connectivity index (χ2v) is 5.25. The topological polar surface area (TPSA) is 67.2 Å². The number of hydrogen-bond donors (Lipinski definition) is 1. The van der Waals surface area contributed by atoms with Crippen molar-refractivity contribution in [3.8, 4) is 0 Å². The highest BCUT2D eigenvalue weighted by molar-refractivity contribution is 5.96. The Bertz CT molecular complexity index is 497. The third-order valence-corrected chi connectivity index (χ3v) is 3.85. The molecule has 0 radical (unpaired) electrons.